The Morgan fingerprint density at radius 3 is 1.66 bits per heavy atom. The number of Topliss-reactive ketones (excluding diaryl/α,β-unsaturated/α-hetero) is 1. The van der Waals surface area contributed by atoms with Crippen molar-refractivity contribution in [3.63, 3.8) is 0 Å². The van der Waals surface area contributed by atoms with Crippen molar-refractivity contribution in [3.8, 4) is 0 Å². The van der Waals surface area contributed by atoms with Crippen LogP contribution < -0.4 is 0 Å². The maximum atomic E-state index is 13.7. The van der Waals surface area contributed by atoms with Crippen molar-refractivity contribution in [1.82, 2.24) is 0 Å². The second kappa shape index (κ2) is 11.3. The first kappa shape index (κ1) is 28.4. The van der Waals surface area contributed by atoms with Gasteiger partial charge in [0.25, 0.3) is 20.2 Å². The fraction of sp³-hybridized carbons (Fsp3) is 0.321. The molecule has 4 rings (SSSR count). The standard InChI is InChI=1S/C28H29ClO7S2/c1-20-3-11-25(12-4-20)37(31,32)35-18-28(19-36-38(33,34)26-13-5-21(2)6-14-26)16-15-23(27(28)30)17-22-7-9-24(29)10-8-22/h3-14,23H,15-19H2,1-2H3. The number of rotatable bonds is 10. The molecule has 0 aromatic heterocycles. The van der Waals surface area contributed by atoms with E-state index in [4.69, 9.17) is 20.0 Å². The third kappa shape index (κ3) is 6.52. The minimum atomic E-state index is -4.19. The molecule has 0 bridgehead atoms. The highest BCUT2D eigenvalue weighted by molar-refractivity contribution is 7.87. The highest BCUT2D eigenvalue weighted by Gasteiger charge is 2.50. The number of carbonyl (C=O) groups excluding carboxylic acids is 1. The highest BCUT2D eigenvalue weighted by Crippen LogP contribution is 2.42. The molecule has 10 heteroatoms. The second-order valence-corrected chi connectivity index (χ2v) is 13.4. The maximum absolute atomic E-state index is 13.7. The summed E-state index contributed by atoms with van der Waals surface area (Å²) >= 11 is 5.97. The zero-order valence-corrected chi connectivity index (χ0v) is 23.5. The van der Waals surface area contributed by atoms with Gasteiger partial charge in [0.2, 0.25) is 0 Å². The van der Waals surface area contributed by atoms with Crippen LogP contribution in [0.25, 0.3) is 0 Å². The van der Waals surface area contributed by atoms with Gasteiger partial charge in [0.1, 0.15) is 5.78 Å². The van der Waals surface area contributed by atoms with E-state index in [0.717, 1.165) is 16.7 Å². The molecule has 0 heterocycles. The molecule has 1 aliphatic rings. The molecule has 0 radical (unpaired) electrons. The molecular formula is C28H29ClO7S2. The van der Waals surface area contributed by atoms with Gasteiger partial charge in [0.15, 0.2) is 0 Å². The van der Waals surface area contributed by atoms with Gasteiger partial charge in [-0.05, 0) is 75.1 Å². The van der Waals surface area contributed by atoms with Crippen LogP contribution in [0, 0.1) is 25.2 Å². The minimum absolute atomic E-state index is 0.0467. The molecule has 1 fully saturated rings. The summed E-state index contributed by atoms with van der Waals surface area (Å²) in [6.07, 6.45) is 1.06. The van der Waals surface area contributed by atoms with Crippen LogP contribution in [0.3, 0.4) is 0 Å². The van der Waals surface area contributed by atoms with Gasteiger partial charge < -0.3 is 0 Å². The van der Waals surface area contributed by atoms with E-state index in [9.17, 15) is 21.6 Å². The second-order valence-electron chi connectivity index (χ2n) is 9.77. The summed E-state index contributed by atoms with van der Waals surface area (Å²) in [4.78, 5) is 13.6. The molecule has 1 saturated carbocycles. The number of hydrogen-bond acceptors (Lipinski definition) is 7. The van der Waals surface area contributed by atoms with Crippen LogP contribution in [0.2, 0.25) is 5.02 Å². The SMILES string of the molecule is Cc1ccc(S(=O)(=O)OCC2(COS(=O)(=O)c3ccc(C)cc3)CCC(Cc3ccc(Cl)cc3)C2=O)cc1. The molecule has 0 spiro atoms. The van der Waals surface area contributed by atoms with E-state index in [1.54, 1.807) is 36.4 Å². The van der Waals surface area contributed by atoms with Gasteiger partial charge in [-0.2, -0.15) is 16.8 Å². The largest absolute Gasteiger partial charge is 0.299 e. The number of benzene rings is 3. The molecule has 7 nitrogen and oxygen atoms in total. The zero-order valence-electron chi connectivity index (χ0n) is 21.1. The Bertz CT molecular complexity index is 1420. The summed E-state index contributed by atoms with van der Waals surface area (Å²) in [5.74, 6) is -0.738. The lowest BCUT2D eigenvalue weighted by atomic mass is 9.84. The Morgan fingerprint density at radius 1 is 0.763 bits per heavy atom. The van der Waals surface area contributed by atoms with Crippen LogP contribution >= 0.6 is 11.6 Å². The van der Waals surface area contributed by atoms with Crippen LogP contribution in [-0.4, -0.2) is 35.8 Å². The molecule has 0 saturated heterocycles. The molecule has 0 amide bonds. The Morgan fingerprint density at radius 2 is 1.21 bits per heavy atom. The summed E-state index contributed by atoms with van der Waals surface area (Å²) in [7, 11) is -8.38. The normalized spacial score (nSPS) is 17.6. The highest BCUT2D eigenvalue weighted by atomic mass is 35.5. The molecule has 3 aromatic carbocycles. The van der Waals surface area contributed by atoms with Crippen LogP contribution in [-0.2, 0) is 39.8 Å². The van der Waals surface area contributed by atoms with Crippen molar-refractivity contribution in [2.24, 2.45) is 11.3 Å². The van der Waals surface area contributed by atoms with Gasteiger partial charge in [-0.15, -0.1) is 0 Å². The van der Waals surface area contributed by atoms with Gasteiger partial charge in [-0.25, -0.2) is 0 Å². The van der Waals surface area contributed by atoms with Gasteiger partial charge in [0.05, 0.1) is 28.4 Å². The Balaban J connectivity index is 1.57. The first-order valence-corrected chi connectivity index (χ1v) is 15.3. The number of hydrogen-bond donors (Lipinski definition) is 0. The average molecular weight is 577 g/mol. The van der Waals surface area contributed by atoms with Crippen molar-refractivity contribution >= 4 is 37.6 Å². The third-order valence-electron chi connectivity index (χ3n) is 6.86. The molecule has 1 atom stereocenters. The van der Waals surface area contributed by atoms with Crippen LogP contribution in [0.1, 0.15) is 29.5 Å². The zero-order chi connectivity index (χ0) is 27.6. The van der Waals surface area contributed by atoms with Crippen molar-refractivity contribution < 1.29 is 30.0 Å². The van der Waals surface area contributed by atoms with Gasteiger partial charge in [-0.1, -0.05) is 59.1 Å². The topological polar surface area (TPSA) is 104 Å². The van der Waals surface area contributed by atoms with Crippen LogP contribution in [0.15, 0.2) is 82.6 Å². The molecule has 1 aliphatic carbocycles. The average Bonchev–Trinajstić information content (AvgIpc) is 3.19. The number of ketones is 1. The summed E-state index contributed by atoms with van der Waals surface area (Å²) < 4.78 is 62.4. The molecule has 38 heavy (non-hydrogen) atoms. The van der Waals surface area contributed by atoms with Crippen molar-refractivity contribution in [2.45, 2.75) is 42.9 Å². The molecule has 3 aromatic rings. The minimum Gasteiger partial charge on any atom is -0.299 e. The molecule has 0 N–H and O–H groups in total. The van der Waals surface area contributed by atoms with Crippen molar-refractivity contribution in [3.05, 3.63) is 94.5 Å². The lowest BCUT2D eigenvalue weighted by Crippen LogP contribution is -2.40. The smallest absolute Gasteiger partial charge is 0.297 e. The Kier molecular flexibility index (Phi) is 8.44. The molecular weight excluding hydrogens is 548 g/mol. The van der Waals surface area contributed by atoms with E-state index in [1.165, 1.54) is 24.3 Å². The lowest BCUT2D eigenvalue weighted by Gasteiger charge is -2.27. The predicted molar refractivity (Wildman–Crippen MR) is 144 cm³/mol. The molecule has 0 aliphatic heterocycles. The Labute approximate surface area is 229 Å². The summed E-state index contributed by atoms with van der Waals surface area (Å²) in [6.45, 7) is 2.61. The lowest BCUT2D eigenvalue weighted by molar-refractivity contribution is -0.132. The fourth-order valence-corrected chi connectivity index (χ4v) is 6.59. The van der Waals surface area contributed by atoms with E-state index >= 15 is 0 Å². The van der Waals surface area contributed by atoms with E-state index in [-0.39, 0.29) is 22.0 Å². The quantitative estimate of drug-likeness (QED) is 0.303. The summed E-state index contributed by atoms with van der Waals surface area (Å²) in [5, 5.41) is 0.574. The van der Waals surface area contributed by atoms with E-state index < -0.39 is 44.8 Å². The van der Waals surface area contributed by atoms with Gasteiger partial charge >= 0.3 is 0 Å². The van der Waals surface area contributed by atoms with Crippen LogP contribution in [0.5, 0.6) is 0 Å². The summed E-state index contributed by atoms with van der Waals surface area (Å²) in [6, 6.07) is 19.4. The van der Waals surface area contributed by atoms with E-state index in [0.29, 0.717) is 17.9 Å². The maximum Gasteiger partial charge on any atom is 0.297 e. The Hall–Kier alpha value is -2.56. The van der Waals surface area contributed by atoms with Crippen LogP contribution in [0.4, 0.5) is 0 Å². The summed E-state index contributed by atoms with van der Waals surface area (Å²) in [5.41, 5.74) is 1.20. The fourth-order valence-electron chi connectivity index (χ4n) is 4.49. The number of halogens is 1. The molecule has 1 unspecified atom stereocenters. The van der Waals surface area contributed by atoms with Crippen molar-refractivity contribution in [1.29, 1.82) is 0 Å². The first-order valence-electron chi connectivity index (χ1n) is 12.1. The monoisotopic (exact) mass is 576 g/mol. The molecule has 202 valence electrons. The van der Waals surface area contributed by atoms with Gasteiger partial charge in [0, 0.05) is 10.9 Å². The van der Waals surface area contributed by atoms with E-state index in [2.05, 4.69) is 0 Å². The third-order valence-corrected chi connectivity index (χ3v) is 9.67. The first-order chi connectivity index (χ1) is 17.9. The van der Waals surface area contributed by atoms with Gasteiger partial charge in [-0.3, -0.25) is 13.2 Å². The van der Waals surface area contributed by atoms with Crippen molar-refractivity contribution in [2.75, 3.05) is 13.2 Å². The number of aryl methyl sites for hydroxylation is 2. The predicted octanol–water partition coefficient (Wildman–Crippen LogP) is 5.28. The van der Waals surface area contributed by atoms with E-state index in [1.807, 2.05) is 26.0 Å². The number of carbonyl (C=O) groups is 1.